The van der Waals surface area contributed by atoms with E-state index in [0.29, 0.717) is 37.2 Å². The number of aliphatic hydroxyl groups is 1. The highest BCUT2D eigenvalue weighted by molar-refractivity contribution is 5.92. The monoisotopic (exact) mass is 328 g/mol. The number of carbonyl (C=O) groups excluding carboxylic acids is 1. The molecular formula is C16H20N6O2. The zero-order valence-electron chi connectivity index (χ0n) is 13.3. The van der Waals surface area contributed by atoms with Crippen LogP contribution in [0.15, 0.2) is 24.5 Å². The van der Waals surface area contributed by atoms with Crippen molar-refractivity contribution < 1.29 is 9.90 Å². The second kappa shape index (κ2) is 6.20. The van der Waals surface area contributed by atoms with Crippen LogP contribution < -0.4 is 4.90 Å². The number of aromatic nitrogens is 4. The summed E-state index contributed by atoms with van der Waals surface area (Å²) in [6, 6.07) is 3.60. The van der Waals surface area contributed by atoms with Crippen molar-refractivity contribution in [3.8, 4) is 0 Å². The predicted octanol–water partition coefficient (Wildman–Crippen LogP) is 0.400. The van der Waals surface area contributed by atoms with Gasteiger partial charge in [-0.2, -0.15) is 5.10 Å². The van der Waals surface area contributed by atoms with Gasteiger partial charge in [-0.3, -0.25) is 9.89 Å². The first kappa shape index (κ1) is 15.1. The smallest absolute Gasteiger partial charge is 0.274 e. The average Bonchev–Trinajstić information content (AvgIpc) is 3.37. The first-order chi connectivity index (χ1) is 11.7. The van der Waals surface area contributed by atoms with Crippen LogP contribution in [0.25, 0.3) is 0 Å². The quantitative estimate of drug-likeness (QED) is 0.846. The van der Waals surface area contributed by atoms with E-state index in [2.05, 4.69) is 20.2 Å². The minimum absolute atomic E-state index is 0.145. The molecule has 2 N–H and O–H groups in total. The molecule has 1 aliphatic heterocycles. The highest BCUT2D eigenvalue weighted by Gasteiger charge is 2.30. The Hall–Kier alpha value is -2.48. The standard InChI is InChI=1S/C16H20N6O2/c23-12-9-21(6-7-22(10-12)16-17-4-1-5-18-16)15(24)14-8-13(19-20-14)11-2-3-11/h1,4-5,8,11-12,23H,2-3,6-7,9-10H2,(H,19,20). The third kappa shape index (κ3) is 3.09. The first-order valence-electron chi connectivity index (χ1n) is 8.25. The molecule has 1 unspecified atom stereocenters. The Labute approximate surface area is 139 Å². The minimum Gasteiger partial charge on any atom is -0.389 e. The van der Waals surface area contributed by atoms with Crippen molar-refractivity contribution in [3.05, 3.63) is 35.9 Å². The van der Waals surface area contributed by atoms with E-state index >= 15 is 0 Å². The summed E-state index contributed by atoms with van der Waals surface area (Å²) in [5.74, 6) is 0.953. The molecule has 126 valence electrons. The van der Waals surface area contributed by atoms with Crippen molar-refractivity contribution >= 4 is 11.9 Å². The summed E-state index contributed by atoms with van der Waals surface area (Å²) in [6.45, 7) is 1.77. The Morgan fingerprint density at radius 1 is 1.21 bits per heavy atom. The van der Waals surface area contributed by atoms with Gasteiger partial charge in [0.25, 0.3) is 5.91 Å². The first-order valence-corrected chi connectivity index (χ1v) is 8.25. The highest BCUT2D eigenvalue weighted by atomic mass is 16.3. The van der Waals surface area contributed by atoms with E-state index in [4.69, 9.17) is 0 Å². The molecule has 4 rings (SSSR count). The van der Waals surface area contributed by atoms with Gasteiger partial charge >= 0.3 is 0 Å². The number of anilines is 1. The Morgan fingerprint density at radius 3 is 2.75 bits per heavy atom. The van der Waals surface area contributed by atoms with E-state index < -0.39 is 6.10 Å². The van der Waals surface area contributed by atoms with Crippen LogP contribution in [0.2, 0.25) is 0 Å². The molecule has 0 aromatic carbocycles. The number of hydrogen-bond donors (Lipinski definition) is 2. The van der Waals surface area contributed by atoms with Crippen LogP contribution in [0.4, 0.5) is 5.95 Å². The molecule has 2 aromatic heterocycles. The molecule has 1 amide bonds. The van der Waals surface area contributed by atoms with Crippen molar-refractivity contribution in [2.45, 2.75) is 24.9 Å². The fraction of sp³-hybridized carbons (Fsp3) is 0.500. The van der Waals surface area contributed by atoms with E-state index in [1.807, 2.05) is 11.0 Å². The van der Waals surface area contributed by atoms with Crippen molar-refractivity contribution in [1.82, 2.24) is 25.1 Å². The molecule has 1 saturated carbocycles. The van der Waals surface area contributed by atoms with Crippen LogP contribution in [0.5, 0.6) is 0 Å². The second-order valence-electron chi connectivity index (χ2n) is 6.38. The summed E-state index contributed by atoms with van der Waals surface area (Å²) in [6.07, 6.45) is 5.01. The summed E-state index contributed by atoms with van der Waals surface area (Å²) < 4.78 is 0. The van der Waals surface area contributed by atoms with Gasteiger partial charge in [0.1, 0.15) is 5.69 Å². The average molecular weight is 328 g/mol. The van der Waals surface area contributed by atoms with Crippen molar-refractivity contribution in [2.75, 3.05) is 31.1 Å². The van der Waals surface area contributed by atoms with Crippen molar-refractivity contribution in [2.24, 2.45) is 0 Å². The van der Waals surface area contributed by atoms with Gasteiger partial charge in [-0.25, -0.2) is 9.97 Å². The molecule has 3 heterocycles. The summed E-state index contributed by atoms with van der Waals surface area (Å²) in [4.78, 5) is 24.7. The van der Waals surface area contributed by atoms with E-state index in [0.717, 1.165) is 18.5 Å². The van der Waals surface area contributed by atoms with E-state index in [9.17, 15) is 9.90 Å². The lowest BCUT2D eigenvalue weighted by Gasteiger charge is -2.21. The number of nitrogens with one attached hydrogen (secondary N) is 1. The molecule has 1 atom stereocenters. The molecule has 0 spiro atoms. The molecule has 2 aromatic rings. The molecular weight excluding hydrogens is 308 g/mol. The molecule has 2 fully saturated rings. The number of rotatable bonds is 3. The molecule has 0 radical (unpaired) electrons. The Bertz CT molecular complexity index is 714. The van der Waals surface area contributed by atoms with E-state index in [1.54, 1.807) is 23.4 Å². The Balaban J connectivity index is 1.46. The third-order valence-electron chi connectivity index (χ3n) is 4.46. The fourth-order valence-electron chi connectivity index (χ4n) is 3.02. The molecule has 1 saturated heterocycles. The molecule has 0 bridgehead atoms. The van der Waals surface area contributed by atoms with Gasteiger partial charge in [-0.15, -0.1) is 0 Å². The van der Waals surface area contributed by atoms with E-state index in [1.165, 1.54) is 0 Å². The Kier molecular flexibility index (Phi) is 3.89. The predicted molar refractivity (Wildman–Crippen MR) is 86.7 cm³/mol. The molecule has 2 aliphatic rings. The number of aromatic amines is 1. The van der Waals surface area contributed by atoms with Crippen molar-refractivity contribution in [3.63, 3.8) is 0 Å². The van der Waals surface area contributed by atoms with Crippen LogP contribution in [0, 0.1) is 0 Å². The van der Waals surface area contributed by atoms with Gasteiger partial charge < -0.3 is 14.9 Å². The minimum atomic E-state index is -0.651. The summed E-state index contributed by atoms with van der Waals surface area (Å²) >= 11 is 0. The van der Waals surface area contributed by atoms with Gasteiger partial charge in [-0.05, 0) is 25.0 Å². The number of amides is 1. The molecule has 1 aliphatic carbocycles. The largest absolute Gasteiger partial charge is 0.389 e. The van der Waals surface area contributed by atoms with E-state index in [-0.39, 0.29) is 12.5 Å². The highest BCUT2D eigenvalue weighted by Crippen LogP contribution is 2.39. The maximum absolute atomic E-state index is 12.7. The number of hydrogen-bond acceptors (Lipinski definition) is 6. The topological polar surface area (TPSA) is 98.2 Å². The van der Waals surface area contributed by atoms with Crippen LogP contribution in [0.1, 0.15) is 34.9 Å². The second-order valence-corrected chi connectivity index (χ2v) is 6.38. The maximum Gasteiger partial charge on any atom is 0.274 e. The lowest BCUT2D eigenvalue weighted by molar-refractivity contribution is 0.0668. The molecule has 24 heavy (non-hydrogen) atoms. The van der Waals surface area contributed by atoms with Gasteiger partial charge in [0.2, 0.25) is 5.95 Å². The lowest BCUT2D eigenvalue weighted by atomic mass is 10.2. The number of nitrogens with zero attached hydrogens (tertiary/aromatic N) is 5. The number of H-pyrrole nitrogens is 1. The van der Waals surface area contributed by atoms with Crippen LogP contribution in [-0.2, 0) is 0 Å². The third-order valence-corrected chi connectivity index (χ3v) is 4.46. The van der Waals surface area contributed by atoms with Gasteiger partial charge in [0.15, 0.2) is 0 Å². The SMILES string of the molecule is O=C(c1cc(C2CC2)[nH]n1)N1CCN(c2ncccn2)CC(O)C1. The van der Waals surface area contributed by atoms with Crippen LogP contribution in [-0.4, -0.2) is 68.4 Å². The zero-order chi connectivity index (χ0) is 16.5. The normalized spacial score (nSPS) is 21.6. The Morgan fingerprint density at radius 2 is 2.00 bits per heavy atom. The number of β-amino-alcohol motifs (C(OH)–C–C–N with tert-alkyl or cyclic N) is 1. The summed E-state index contributed by atoms with van der Waals surface area (Å²) in [5.41, 5.74) is 1.46. The van der Waals surface area contributed by atoms with Gasteiger partial charge in [0.05, 0.1) is 6.10 Å². The van der Waals surface area contributed by atoms with Gasteiger partial charge in [0, 0.05) is 50.2 Å². The van der Waals surface area contributed by atoms with Crippen molar-refractivity contribution in [1.29, 1.82) is 0 Å². The molecule has 8 nitrogen and oxygen atoms in total. The zero-order valence-corrected chi connectivity index (χ0v) is 13.3. The summed E-state index contributed by atoms with van der Waals surface area (Å²) in [7, 11) is 0. The van der Waals surface area contributed by atoms with Gasteiger partial charge in [-0.1, -0.05) is 0 Å². The van der Waals surface area contributed by atoms with Crippen LogP contribution >= 0.6 is 0 Å². The van der Waals surface area contributed by atoms with Crippen LogP contribution in [0.3, 0.4) is 0 Å². The summed E-state index contributed by atoms with van der Waals surface area (Å²) in [5, 5.41) is 17.4. The lowest BCUT2D eigenvalue weighted by Crippen LogP contribution is -2.37. The number of carbonyl (C=O) groups is 1. The fourth-order valence-corrected chi connectivity index (χ4v) is 3.02. The number of aliphatic hydroxyl groups excluding tert-OH is 1. The molecule has 8 heteroatoms. The maximum atomic E-state index is 12.7.